The van der Waals surface area contributed by atoms with Gasteiger partial charge in [0.1, 0.15) is 18.6 Å². The van der Waals surface area contributed by atoms with Crippen molar-refractivity contribution in [3.8, 4) is 0 Å². The summed E-state index contributed by atoms with van der Waals surface area (Å²) < 4.78 is 18.0. The van der Waals surface area contributed by atoms with Crippen molar-refractivity contribution >= 4 is 12.4 Å². The summed E-state index contributed by atoms with van der Waals surface area (Å²) in [7, 11) is 0. The number of ether oxygens (including phenoxy) is 1. The Kier molecular flexibility index (Phi) is 4.11. The summed E-state index contributed by atoms with van der Waals surface area (Å²) in [6.07, 6.45) is 1.02. The molecule has 0 N–H and O–H groups in total. The summed E-state index contributed by atoms with van der Waals surface area (Å²) in [6, 6.07) is 0. The van der Waals surface area contributed by atoms with E-state index < -0.39 is 23.8 Å². The predicted molar refractivity (Wildman–Crippen MR) is 61.5 cm³/mol. The Morgan fingerprint density at radius 3 is 2.29 bits per heavy atom. The summed E-state index contributed by atoms with van der Waals surface area (Å²) in [5.41, 5.74) is -1.42. The Hall–Kier alpha value is -1.13. The molecule has 1 saturated heterocycles. The molecule has 5 heteroatoms. The van der Waals surface area contributed by atoms with Gasteiger partial charge in [-0.25, -0.2) is 4.79 Å². The second-order valence-corrected chi connectivity index (χ2v) is 5.58. The second-order valence-electron chi connectivity index (χ2n) is 5.58. The van der Waals surface area contributed by atoms with Gasteiger partial charge in [0, 0.05) is 13.1 Å². The molecule has 0 unspecified atom stereocenters. The van der Waals surface area contributed by atoms with Crippen LogP contribution in [0.4, 0.5) is 9.18 Å². The topological polar surface area (TPSA) is 46.6 Å². The summed E-state index contributed by atoms with van der Waals surface area (Å²) in [6.45, 7) is 5.48. The van der Waals surface area contributed by atoms with Gasteiger partial charge in [-0.3, -0.25) is 4.39 Å². The van der Waals surface area contributed by atoms with Gasteiger partial charge in [0.15, 0.2) is 0 Å². The minimum atomic E-state index is -0.890. The second kappa shape index (κ2) is 5.02. The first kappa shape index (κ1) is 13.9. The van der Waals surface area contributed by atoms with E-state index in [2.05, 4.69) is 0 Å². The molecule has 1 fully saturated rings. The maximum atomic E-state index is 12.8. The van der Waals surface area contributed by atoms with Crippen LogP contribution in [0.1, 0.15) is 33.6 Å². The minimum Gasteiger partial charge on any atom is -0.444 e. The van der Waals surface area contributed by atoms with Crippen LogP contribution in [0.2, 0.25) is 0 Å². The minimum absolute atomic E-state index is 0.367. The van der Waals surface area contributed by atoms with Crippen molar-refractivity contribution in [1.82, 2.24) is 4.90 Å². The van der Waals surface area contributed by atoms with Crippen molar-refractivity contribution < 1.29 is 18.7 Å². The quantitative estimate of drug-likeness (QED) is 0.700. The lowest BCUT2D eigenvalue weighted by Gasteiger charge is -2.37. The zero-order valence-electron chi connectivity index (χ0n) is 10.7. The first-order valence-electron chi connectivity index (χ1n) is 5.82. The standard InChI is InChI=1S/C12H20FNO3/c1-11(2,3)17-10(16)14-6-4-12(8-13,9-15)5-7-14/h9H,4-8H2,1-3H3. The molecule has 0 aromatic carbocycles. The molecule has 98 valence electrons. The van der Waals surface area contributed by atoms with Crippen molar-refractivity contribution in [3.63, 3.8) is 0 Å². The third kappa shape index (κ3) is 3.68. The van der Waals surface area contributed by atoms with Gasteiger partial charge in [-0.15, -0.1) is 0 Å². The number of aldehydes is 1. The predicted octanol–water partition coefficient (Wildman–Crippen LogP) is 2.17. The van der Waals surface area contributed by atoms with Crippen molar-refractivity contribution in [2.75, 3.05) is 19.8 Å². The van der Waals surface area contributed by atoms with E-state index in [0.29, 0.717) is 32.2 Å². The lowest BCUT2D eigenvalue weighted by Crippen LogP contribution is -2.46. The van der Waals surface area contributed by atoms with Crippen LogP contribution in [0.15, 0.2) is 0 Å². The highest BCUT2D eigenvalue weighted by atomic mass is 19.1. The van der Waals surface area contributed by atoms with E-state index in [1.807, 2.05) is 0 Å². The van der Waals surface area contributed by atoms with Gasteiger partial charge in [0.2, 0.25) is 0 Å². The lowest BCUT2D eigenvalue weighted by atomic mass is 9.81. The van der Waals surface area contributed by atoms with Gasteiger partial charge in [-0.2, -0.15) is 0 Å². The molecule has 0 saturated carbocycles. The number of piperidine rings is 1. The molecule has 17 heavy (non-hydrogen) atoms. The number of hydrogen-bond acceptors (Lipinski definition) is 3. The van der Waals surface area contributed by atoms with Gasteiger partial charge in [-0.05, 0) is 33.6 Å². The summed E-state index contributed by atoms with van der Waals surface area (Å²) >= 11 is 0. The van der Waals surface area contributed by atoms with Crippen LogP contribution in [0, 0.1) is 5.41 Å². The van der Waals surface area contributed by atoms with E-state index in [0.717, 1.165) is 0 Å². The zero-order chi connectivity index (χ0) is 13.1. The largest absolute Gasteiger partial charge is 0.444 e. The zero-order valence-corrected chi connectivity index (χ0v) is 10.7. The van der Waals surface area contributed by atoms with Crippen LogP contribution < -0.4 is 0 Å². The summed E-state index contributed by atoms with van der Waals surface area (Å²) in [5.74, 6) is 0. The third-order valence-corrected chi connectivity index (χ3v) is 2.93. The van der Waals surface area contributed by atoms with Gasteiger partial charge >= 0.3 is 6.09 Å². The van der Waals surface area contributed by atoms with E-state index in [9.17, 15) is 14.0 Å². The molecule has 0 aromatic rings. The number of hydrogen-bond donors (Lipinski definition) is 0. The molecule has 0 spiro atoms. The molecule has 1 heterocycles. The first-order valence-corrected chi connectivity index (χ1v) is 5.82. The number of likely N-dealkylation sites (tertiary alicyclic amines) is 1. The molecule has 0 radical (unpaired) electrons. The van der Waals surface area contributed by atoms with Crippen LogP contribution in [0.5, 0.6) is 0 Å². The smallest absolute Gasteiger partial charge is 0.410 e. The van der Waals surface area contributed by atoms with E-state index in [4.69, 9.17) is 4.74 Å². The maximum absolute atomic E-state index is 12.8. The third-order valence-electron chi connectivity index (χ3n) is 2.93. The molecule has 0 bridgehead atoms. The van der Waals surface area contributed by atoms with Gasteiger partial charge < -0.3 is 14.4 Å². The molecule has 0 aliphatic carbocycles. The van der Waals surface area contributed by atoms with Crippen LogP contribution >= 0.6 is 0 Å². The maximum Gasteiger partial charge on any atom is 0.410 e. The number of rotatable bonds is 2. The average Bonchev–Trinajstić information content (AvgIpc) is 2.27. The number of halogens is 1. The Labute approximate surface area is 101 Å². The Balaban J connectivity index is 2.52. The van der Waals surface area contributed by atoms with Crippen LogP contribution in [0.25, 0.3) is 0 Å². The SMILES string of the molecule is CC(C)(C)OC(=O)N1CCC(C=O)(CF)CC1. The average molecular weight is 245 g/mol. The number of carbonyl (C=O) groups excluding carboxylic acids is 2. The molecular weight excluding hydrogens is 225 g/mol. The summed E-state index contributed by atoms with van der Waals surface area (Å²) in [5, 5.41) is 0. The number of amides is 1. The molecule has 1 aliphatic rings. The van der Waals surface area contributed by atoms with Crippen molar-refractivity contribution in [3.05, 3.63) is 0 Å². The Morgan fingerprint density at radius 1 is 1.41 bits per heavy atom. The number of carbonyl (C=O) groups is 2. The number of nitrogens with zero attached hydrogens (tertiary/aromatic N) is 1. The molecule has 1 rings (SSSR count). The molecular formula is C12H20FNO3. The molecule has 1 aliphatic heterocycles. The highest BCUT2D eigenvalue weighted by molar-refractivity contribution is 5.69. The van der Waals surface area contributed by atoms with E-state index >= 15 is 0 Å². The fraction of sp³-hybridized carbons (Fsp3) is 0.833. The van der Waals surface area contributed by atoms with Crippen molar-refractivity contribution in [2.24, 2.45) is 5.41 Å². The number of alkyl halides is 1. The van der Waals surface area contributed by atoms with Crippen molar-refractivity contribution in [1.29, 1.82) is 0 Å². The first-order chi connectivity index (χ1) is 7.82. The normalized spacial score (nSPS) is 19.9. The molecule has 0 atom stereocenters. The van der Waals surface area contributed by atoms with Gasteiger partial charge in [-0.1, -0.05) is 0 Å². The highest BCUT2D eigenvalue weighted by Crippen LogP contribution is 2.30. The Morgan fingerprint density at radius 2 is 1.94 bits per heavy atom. The fourth-order valence-corrected chi connectivity index (χ4v) is 1.74. The van der Waals surface area contributed by atoms with Crippen LogP contribution in [0.3, 0.4) is 0 Å². The van der Waals surface area contributed by atoms with E-state index in [1.165, 1.54) is 4.90 Å². The fourth-order valence-electron chi connectivity index (χ4n) is 1.74. The van der Waals surface area contributed by atoms with Gasteiger partial charge in [0.05, 0.1) is 5.41 Å². The monoisotopic (exact) mass is 245 g/mol. The lowest BCUT2D eigenvalue weighted by molar-refractivity contribution is -0.119. The van der Waals surface area contributed by atoms with E-state index in [-0.39, 0.29) is 0 Å². The van der Waals surface area contributed by atoms with E-state index in [1.54, 1.807) is 20.8 Å². The Bertz CT molecular complexity index is 291. The molecule has 4 nitrogen and oxygen atoms in total. The van der Waals surface area contributed by atoms with Crippen LogP contribution in [-0.2, 0) is 9.53 Å². The molecule has 0 aromatic heterocycles. The van der Waals surface area contributed by atoms with Crippen LogP contribution in [-0.4, -0.2) is 42.6 Å². The highest BCUT2D eigenvalue weighted by Gasteiger charge is 2.37. The van der Waals surface area contributed by atoms with Gasteiger partial charge in [0.25, 0.3) is 0 Å². The van der Waals surface area contributed by atoms with Crippen molar-refractivity contribution in [2.45, 2.75) is 39.2 Å². The molecule has 1 amide bonds. The summed E-state index contributed by atoms with van der Waals surface area (Å²) in [4.78, 5) is 24.1.